The molecule has 2 rings (SSSR count). The van der Waals surface area contributed by atoms with Gasteiger partial charge in [0.05, 0.1) is 16.7 Å². The van der Waals surface area contributed by atoms with Gasteiger partial charge in [-0.15, -0.1) is 11.3 Å². The number of carbonyl (C=O) groups is 1. The summed E-state index contributed by atoms with van der Waals surface area (Å²) in [5, 5.41) is 1.06. The normalized spacial score (nSPS) is 23.9. The molecule has 0 spiro atoms. The third kappa shape index (κ3) is 2.88. The lowest BCUT2D eigenvalue weighted by Gasteiger charge is -2.29. The maximum absolute atomic E-state index is 12.7. The molecule has 1 fully saturated rings. The fourth-order valence-corrected chi connectivity index (χ4v) is 4.23. The zero-order chi connectivity index (χ0) is 14.9. The van der Waals surface area contributed by atoms with E-state index in [0.717, 1.165) is 30.0 Å². The monoisotopic (exact) mass is 295 g/mol. The van der Waals surface area contributed by atoms with Crippen molar-refractivity contribution >= 4 is 17.2 Å². The van der Waals surface area contributed by atoms with Gasteiger partial charge in [0.2, 0.25) is 5.91 Å². The first-order valence-electron chi connectivity index (χ1n) is 7.36. The van der Waals surface area contributed by atoms with E-state index in [9.17, 15) is 4.79 Å². The van der Waals surface area contributed by atoms with Crippen molar-refractivity contribution in [1.29, 1.82) is 0 Å². The zero-order valence-electron chi connectivity index (χ0n) is 12.8. The second-order valence-electron chi connectivity index (χ2n) is 5.84. The van der Waals surface area contributed by atoms with E-state index >= 15 is 0 Å². The van der Waals surface area contributed by atoms with Crippen LogP contribution in [0.2, 0.25) is 0 Å². The molecule has 1 saturated carbocycles. The molecule has 1 amide bonds. The fourth-order valence-electron chi connectivity index (χ4n) is 3.21. The van der Waals surface area contributed by atoms with Gasteiger partial charge in [-0.3, -0.25) is 4.79 Å². The van der Waals surface area contributed by atoms with Gasteiger partial charge >= 0.3 is 0 Å². The van der Waals surface area contributed by atoms with Crippen LogP contribution in [0.1, 0.15) is 47.8 Å². The number of hydrogen-bond donors (Lipinski definition) is 1. The van der Waals surface area contributed by atoms with E-state index in [1.807, 2.05) is 25.8 Å². The van der Waals surface area contributed by atoms with Crippen molar-refractivity contribution in [3.8, 4) is 0 Å². The molecule has 1 unspecified atom stereocenters. The van der Waals surface area contributed by atoms with Gasteiger partial charge in [-0.2, -0.15) is 0 Å². The molecular formula is C15H25N3OS. The first-order chi connectivity index (χ1) is 9.45. The summed E-state index contributed by atoms with van der Waals surface area (Å²) in [6.07, 6.45) is 3.20. The van der Waals surface area contributed by atoms with Crippen LogP contribution in [0.5, 0.6) is 0 Å². The van der Waals surface area contributed by atoms with Crippen molar-refractivity contribution in [2.24, 2.45) is 17.6 Å². The second kappa shape index (κ2) is 6.22. The van der Waals surface area contributed by atoms with Gasteiger partial charge in [-0.1, -0.05) is 6.42 Å². The summed E-state index contributed by atoms with van der Waals surface area (Å²) >= 11 is 1.69. The Kier molecular flexibility index (Phi) is 4.81. The van der Waals surface area contributed by atoms with Crippen LogP contribution in [-0.2, 0) is 4.79 Å². The van der Waals surface area contributed by atoms with Crippen molar-refractivity contribution in [3.05, 3.63) is 15.6 Å². The van der Waals surface area contributed by atoms with Gasteiger partial charge in [0.1, 0.15) is 0 Å². The van der Waals surface area contributed by atoms with Crippen LogP contribution < -0.4 is 5.73 Å². The molecule has 1 aliphatic carbocycles. The van der Waals surface area contributed by atoms with Crippen LogP contribution in [-0.4, -0.2) is 29.4 Å². The van der Waals surface area contributed by atoms with Crippen molar-refractivity contribution in [2.75, 3.05) is 13.6 Å². The summed E-state index contributed by atoms with van der Waals surface area (Å²) in [6, 6.07) is 0.0905. The number of aromatic nitrogens is 1. The van der Waals surface area contributed by atoms with Crippen molar-refractivity contribution < 1.29 is 4.79 Å². The zero-order valence-corrected chi connectivity index (χ0v) is 13.7. The lowest BCUT2D eigenvalue weighted by Crippen LogP contribution is -2.38. The molecule has 1 heterocycles. The van der Waals surface area contributed by atoms with E-state index in [1.54, 1.807) is 11.3 Å². The highest BCUT2D eigenvalue weighted by molar-refractivity contribution is 7.11. The molecule has 0 saturated heterocycles. The Hall–Kier alpha value is -0.940. The number of hydrogen-bond acceptors (Lipinski definition) is 4. The van der Waals surface area contributed by atoms with E-state index in [-0.39, 0.29) is 17.9 Å². The van der Waals surface area contributed by atoms with Gasteiger partial charge in [-0.05, 0) is 46.1 Å². The topological polar surface area (TPSA) is 59.2 Å². The number of amides is 1. The predicted molar refractivity (Wildman–Crippen MR) is 82.7 cm³/mol. The summed E-state index contributed by atoms with van der Waals surface area (Å²) in [4.78, 5) is 20.2. The summed E-state index contributed by atoms with van der Waals surface area (Å²) in [5.41, 5.74) is 6.84. The highest BCUT2D eigenvalue weighted by Gasteiger charge is 2.35. The van der Waals surface area contributed by atoms with Gasteiger partial charge in [0.25, 0.3) is 0 Å². The largest absolute Gasteiger partial charge is 0.338 e. The molecular weight excluding hydrogens is 270 g/mol. The molecule has 4 nitrogen and oxygen atoms in total. The average molecular weight is 295 g/mol. The predicted octanol–water partition coefficient (Wildman–Crippen LogP) is 2.65. The van der Waals surface area contributed by atoms with Crippen LogP contribution in [0.3, 0.4) is 0 Å². The minimum absolute atomic E-state index is 0.0905. The van der Waals surface area contributed by atoms with Gasteiger partial charge in [0.15, 0.2) is 0 Å². The smallest absolute Gasteiger partial charge is 0.226 e. The number of nitrogens with two attached hydrogens (primary N) is 1. The standard InChI is InChI=1S/C15H25N3OS/c1-9-14(20-11(3)17-9)10(2)18(4)15(19)13-7-5-6-12(13)8-16/h10,12-13H,5-8,16H2,1-4H3/t10?,12-,13-/m1/s1. The van der Waals surface area contributed by atoms with Crippen molar-refractivity contribution in [3.63, 3.8) is 0 Å². The Morgan fingerprint density at radius 1 is 1.50 bits per heavy atom. The third-order valence-electron chi connectivity index (χ3n) is 4.53. The van der Waals surface area contributed by atoms with Gasteiger partial charge in [-0.25, -0.2) is 4.98 Å². The summed E-state index contributed by atoms with van der Waals surface area (Å²) < 4.78 is 0. The maximum Gasteiger partial charge on any atom is 0.226 e. The third-order valence-corrected chi connectivity index (χ3v) is 5.77. The lowest BCUT2D eigenvalue weighted by atomic mass is 9.94. The van der Waals surface area contributed by atoms with Crippen molar-refractivity contribution in [2.45, 2.75) is 46.1 Å². The molecule has 0 aliphatic heterocycles. The van der Waals surface area contributed by atoms with Crippen LogP contribution in [0.4, 0.5) is 0 Å². The molecule has 5 heteroatoms. The number of nitrogens with zero attached hydrogens (tertiary/aromatic N) is 2. The molecule has 112 valence electrons. The molecule has 2 N–H and O–H groups in total. The SMILES string of the molecule is Cc1nc(C)c(C(C)N(C)C(=O)[C@@H]2CCC[C@@H]2CN)s1. The highest BCUT2D eigenvalue weighted by Crippen LogP contribution is 2.35. The lowest BCUT2D eigenvalue weighted by molar-refractivity contribution is -0.137. The number of thiazole rings is 1. The molecule has 0 bridgehead atoms. The van der Waals surface area contributed by atoms with Crippen molar-refractivity contribution in [1.82, 2.24) is 9.88 Å². The highest BCUT2D eigenvalue weighted by atomic mass is 32.1. The Labute approximate surface area is 125 Å². The molecule has 0 aromatic carbocycles. The number of rotatable bonds is 4. The van der Waals surface area contributed by atoms with Crippen LogP contribution in [0.15, 0.2) is 0 Å². The molecule has 1 aromatic heterocycles. The van der Waals surface area contributed by atoms with Gasteiger partial charge in [0, 0.05) is 17.8 Å². The van der Waals surface area contributed by atoms with E-state index in [0.29, 0.717) is 12.5 Å². The van der Waals surface area contributed by atoms with Crippen LogP contribution in [0.25, 0.3) is 0 Å². The summed E-state index contributed by atoms with van der Waals surface area (Å²) in [6.45, 7) is 6.74. The quantitative estimate of drug-likeness (QED) is 0.929. The van der Waals surface area contributed by atoms with E-state index < -0.39 is 0 Å². The minimum Gasteiger partial charge on any atom is -0.338 e. The van der Waals surface area contributed by atoms with Crippen LogP contribution >= 0.6 is 11.3 Å². The molecule has 3 atom stereocenters. The molecule has 0 radical (unpaired) electrons. The number of carbonyl (C=O) groups excluding carboxylic acids is 1. The Morgan fingerprint density at radius 3 is 2.75 bits per heavy atom. The molecule has 20 heavy (non-hydrogen) atoms. The fraction of sp³-hybridized carbons (Fsp3) is 0.733. The summed E-state index contributed by atoms with van der Waals surface area (Å²) in [7, 11) is 1.91. The first kappa shape index (κ1) is 15.4. The number of aryl methyl sites for hydroxylation is 2. The molecule has 1 aromatic rings. The first-order valence-corrected chi connectivity index (χ1v) is 8.18. The summed E-state index contributed by atoms with van der Waals surface area (Å²) in [5.74, 6) is 0.721. The Balaban J connectivity index is 2.12. The second-order valence-corrected chi connectivity index (χ2v) is 7.08. The molecule has 1 aliphatic rings. The minimum atomic E-state index is 0.0905. The van der Waals surface area contributed by atoms with E-state index in [1.165, 1.54) is 4.88 Å². The van der Waals surface area contributed by atoms with Gasteiger partial charge < -0.3 is 10.6 Å². The maximum atomic E-state index is 12.7. The Morgan fingerprint density at radius 2 is 2.20 bits per heavy atom. The van der Waals surface area contributed by atoms with E-state index in [4.69, 9.17) is 5.73 Å². The average Bonchev–Trinajstić information content (AvgIpc) is 3.02. The van der Waals surface area contributed by atoms with Crippen LogP contribution in [0, 0.1) is 25.7 Å². The van der Waals surface area contributed by atoms with E-state index in [2.05, 4.69) is 11.9 Å². The Bertz CT molecular complexity index is 485.